The third-order valence-electron chi connectivity index (χ3n) is 3.40. The standard InChI is InChI=1S/C17H17N3O/c1-10-5-11(2)7-12(6-10)16-9-19-17(20-16)14-8-13(21)3-4-15(14)18/h3-9,21H,18H2,1-2H3,(H,19,20). The molecule has 0 fully saturated rings. The molecule has 21 heavy (non-hydrogen) atoms. The van der Waals surface area contributed by atoms with E-state index in [1.807, 2.05) is 0 Å². The van der Waals surface area contributed by atoms with E-state index in [4.69, 9.17) is 5.73 Å². The zero-order valence-corrected chi connectivity index (χ0v) is 12.0. The van der Waals surface area contributed by atoms with Crippen LogP contribution in [-0.2, 0) is 0 Å². The van der Waals surface area contributed by atoms with Crippen molar-refractivity contribution < 1.29 is 5.11 Å². The number of nitrogens with zero attached hydrogens (tertiary/aromatic N) is 1. The molecule has 0 aliphatic carbocycles. The maximum Gasteiger partial charge on any atom is 0.139 e. The molecule has 0 saturated carbocycles. The van der Waals surface area contributed by atoms with Gasteiger partial charge in [0.1, 0.15) is 11.6 Å². The largest absolute Gasteiger partial charge is 0.508 e. The first-order valence-corrected chi connectivity index (χ1v) is 6.75. The van der Waals surface area contributed by atoms with Crippen LogP contribution in [0.3, 0.4) is 0 Å². The molecule has 0 amide bonds. The lowest BCUT2D eigenvalue weighted by molar-refractivity contribution is 0.475. The first kappa shape index (κ1) is 13.2. The molecule has 0 spiro atoms. The van der Waals surface area contributed by atoms with Gasteiger partial charge in [0.2, 0.25) is 0 Å². The summed E-state index contributed by atoms with van der Waals surface area (Å²) in [6.07, 6.45) is 1.78. The van der Waals surface area contributed by atoms with Gasteiger partial charge < -0.3 is 15.8 Å². The number of rotatable bonds is 2. The Morgan fingerprint density at radius 1 is 1.05 bits per heavy atom. The summed E-state index contributed by atoms with van der Waals surface area (Å²) >= 11 is 0. The lowest BCUT2D eigenvalue weighted by atomic mass is 10.1. The van der Waals surface area contributed by atoms with Crippen LogP contribution >= 0.6 is 0 Å². The number of H-pyrrole nitrogens is 1. The minimum absolute atomic E-state index is 0.170. The normalized spacial score (nSPS) is 10.8. The SMILES string of the molecule is Cc1cc(C)cc(-c2cnc(-c3cc(O)ccc3N)[nH]2)c1. The molecule has 0 aliphatic rings. The van der Waals surface area contributed by atoms with Crippen molar-refractivity contribution in [2.75, 3.05) is 5.73 Å². The fourth-order valence-electron chi connectivity index (χ4n) is 2.48. The van der Waals surface area contributed by atoms with Crippen molar-refractivity contribution in [2.24, 2.45) is 0 Å². The third-order valence-corrected chi connectivity index (χ3v) is 3.40. The number of phenolic OH excluding ortho intramolecular Hbond substituents is 1. The fraction of sp³-hybridized carbons (Fsp3) is 0.118. The second-order valence-corrected chi connectivity index (χ2v) is 5.29. The molecule has 106 valence electrons. The Labute approximate surface area is 123 Å². The van der Waals surface area contributed by atoms with Gasteiger partial charge >= 0.3 is 0 Å². The third kappa shape index (κ3) is 2.60. The second kappa shape index (κ2) is 4.98. The van der Waals surface area contributed by atoms with E-state index in [-0.39, 0.29) is 5.75 Å². The highest BCUT2D eigenvalue weighted by atomic mass is 16.3. The molecule has 0 aliphatic heterocycles. The number of benzene rings is 2. The van der Waals surface area contributed by atoms with Gasteiger partial charge in [-0.15, -0.1) is 0 Å². The molecular formula is C17H17N3O. The van der Waals surface area contributed by atoms with Crippen molar-refractivity contribution in [3.05, 3.63) is 53.7 Å². The second-order valence-electron chi connectivity index (χ2n) is 5.29. The van der Waals surface area contributed by atoms with Crippen LogP contribution in [0.2, 0.25) is 0 Å². The van der Waals surface area contributed by atoms with E-state index >= 15 is 0 Å². The van der Waals surface area contributed by atoms with Crippen LogP contribution in [0, 0.1) is 13.8 Å². The lowest BCUT2D eigenvalue weighted by Gasteiger charge is -2.04. The maximum atomic E-state index is 9.60. The molecule has 1 heterocycles. The van der Waals surface area contributed by atoms with Crippen molar-refractivity contribution in [2.45, 2.75) is 13.8 Å². The smallest absolute Gasteiger partial charge is 0.139 e. The molecule has 4 heteroatoms. The lowest BCUT2D eigenvalue weighted by Crippen LogP contribution is -1.91. The Balaban J connectivity index is 2.05. The molecule has 0 atom stereocenters. The van der Waals surface area contributed by atoms with E-state index < -0.39 is 0 Å². The number of phenols is 1. The van der Waals surface area contributed by atoms with Gasteiger partial charge in [-0.3, -0.25) is 0 Å². The minimum atomic E-state index is 0.170. The molecule has 0 bridgehead atoms. The number of aryl methyl sites for hydroxylation is 2. The topological polar surface area (TPSA) is 74.9 Å². The molecule has 3 aromatic rings. The van der Waals surface area contributed by atoms with Crippen molar-refractivity contribution >= 4 is 5.69 Å². The van der Waals surface area contributed by atoms with Gasteiger partial charge in [0.15, 0.2) is 0 Å². The Kier molecular flexibility index (Phi) is 3.14. The van der Waals surface area contributed by atoms with Crippen LogP contribution in [0.4, 0.5) is 5.69 Å². The van der Waals surface area contributed by atoms with Crippen molar-refractivity contribution in [3.63, 3.8) is 0 Å². The van der Waals surface area contributed by atoms with Gasteiger partial charge in [-0.2, -0.15) is 0 Å². The van der Waals surface area contributed by atoms with E-state index in [0.717, 1.165) is 11.3 Å². The first-order chi connectivity index (χ1) is 10.0. The number of nitrogens with one attached hydrogen (secondary N) is 1. The number of anilines is 1. The van der Waals surface area contributed by atoms with Crippen LogP contribution in [0.25, 0.3) is 22.6 Å². The Morgan fingerprint density at radius 2 is 1.76 bits per heavy atom. The van der Waals surface area contributed by atoms with E-state index in [9.17, 15) is 5.11 Å². The monoisotopic (exact) mass is 279 g/mol. The number of hydrogen-bond acceptors (Lipinski definition) is 3. The highest BCUT2D eigenvalue weighted by Gasteiger charge is 2.09. The molecular weight excluding hydrogens is 262 g/mol. The minimum Gasteiger partial charge on any atom is -0.508 e. The van der Waals surface area contributed by atoms with Crippen LogP contribution < -0.4 is 5.73 Å². The summed E-state index contributed by atoms with van der Waals surface area (Å²) in [7, 11) is 0. The van der Waals surface area contributed by atoms with Gasteiger partial charge in [-0.1, -0.05) is 17.2 Å². The Morgan fingerprint density at radius 3 is 2.48 bits per heavy atom. The average Bonchev–Trinajstić information content (AvgIpc) is 2.90. The van der Waals surface area contributed by atoms with Gasteiger partial charge in [-0.05, 0) is 44.2 Å². The molecule has 0 saturated heterocycles. The van der Waals surface area contributed by atoms with Crippen LogP contribution in [0.1, 0.15) is 11.1 Å². The van der Waals surface area contributed by atoms with Gasteiger partial charge in [-0.25, -0.2) is 4.98 Å². The van der Waals surface area contributed by atoms with E-state index in [1.54, 1.807) is 24.4 Å². The maximum absolute atomic E-state index is 9.60. The molecule has 2 aromatic carbocycles. The van der Waals surface area contributed by atoms with Crippen molar-refractivity contribution in [1.82, 2.24) is 9.97 Å². The molecule has 0 unspecified atom stereocenters. The fourth-order valence-corrected chi connectivity index (χ4v) is 2.48. The summed E-state index contributed by atoms with van der Waals surface area (Å²) in [6.45, 7) is 4.14. The van der Waals surface area contributed by atoms with Crippen LogP contribution in [0.5, 0.6) is 5.75 Å². The quantitative estimate of drug-likeness (QED) is 0.495. The summed E-state index contributed by atoms with van der Waals surface area (Å²) < 4.78 is 0. The number of imidazole rings is 1. The zero-order chi connectivity index (χ0) is 15.0. The number of aromatic amines is 1. The summed E-state index contributed by atoms with van der Waals surface area (Å²) in [6, 6.07) is 11.2. The highest BCUT2D eigenvalue weighted by molar-refractivity contribution is 5.75. The van der Waals surface area contributed by atoms with Crippen molar-refractivity contribution in [3.8, 4) is 28.4 Å². The number of nitrogen functional groups attached to an aromatic ring is 1. The molecule has 0 radical (unpaired) electrons. The van der Waals surface area contributed by atoms with Gasteiger partial charge in [0, 0.05) is 16.8 Å². The van der Waals surface area contributed by atoms with E-state index in [1.165, 1.54) is 11.1 Å². The number of aromatic hydroxyl groups is 1. The number of nitrogens with two attached hydrogens (primary N) is 1. The van der Waals surface area contributed by atoms with Gasteiger partial charge in [0.25, 0.3) is 0 Å². The molecule has 4 N–H and O–H groups in total. The molecule has 3 rings (SSSR count). The van der Waals surface area contributed by atoms with Gasteiger partial charge in [0.05, 0.1) is 11.9 Å². The number of aromatic nitrogens is 2. The molecule has 1 aromatic heterocycles. The summed E-state index contributed by atoms with van der Waals surface area (Å²) in [5, 5.41) is 9.60. The first-order valence-electron chi connectivity index (χ1n) is 6.75. The van der Waals surface area contributed by atoms with E-state index in [0.29, 0.717) is 17.1 Å². The highest BCUT2D eigenvalue weighted by Crippen LogP contribution is 2.29. The summed E-state index contributed by atoms with van der Waals surface area (Å²) in [5.74, 6) is 0.820. The summed E-state index contributed by atoms with van der Waals surface area (Å²) in [4.78, 5) is 7.64. The van der Waals surface area contributed by atoms with Crippen LogP contribution in [0.15, 0.2) is 42.6 Å². The van der Waals surface area contributed by atoms with Crippen molar-refractivity contribution in [1.29, 1.82) is 0 Å². The predicted molar refractivity (Wildman–Crippen MR) is 85.0 cm³/mol. The zero-order valence-electron chi connectivity index (χ0n) is 12.0. The predicted octanol–water partition coefficient (Wildman–Crippen LogP) is 3.65. The Hall–Kier alpha value is -2.75. The average molecular weight is 279 g/mol. The van der Waals surface area contributed by atoms with E-state index in [2.05, 4.69) is 42.0 Å². The van der Waals surface area contributed by atoms with Crippen LogP contribution in [-0.4, -0.2) is 15.1 Å². The Bertz CT molecular complexity index is 785. The summed E-state index contributed by atoms with van der Waals surface area (Å²) in [5.41, 5.74) is 11.7. The molecule has 4 nitrogen and oxygen atoms in total. The number of hydrogen-bond donors (Lipinski definition) is 3.